The van der Waals surface area contributed by atoms with Crippen molar-refractivity contribution in [3.8, 4) is 11.1 Å². The van der Waals surface area contributed by atoms with Crippen LogP contribution in [0.15, 0.2) is 77.6 Å². The van der Waals surface area contributed by atoms with Gasteiger partial charge in [0.05, 0.1) is 17.7 Å². The van der Waals surface area contributed by atoms with Gasteiger partial charge >= 0.3 is 12.4 Å². The first kappa shape index (κ1) is 23.4. The van der Waals surface area contributed by atoms with Crippen LogP contribution in [0.25, 0.3) is 21.9 Å². The molecule has 0 saturated carbocycles. The smallest absolute Gasteiger partial charge is 0.379 e. The van der Waals surface area contributed by atoms with E-state index in [1.165, 1.54) is 11.6 Å². The summed E-state index contributed by atoms with van der Waals surface area (Å²) in [6, 6.07) is 17.3. The van der Waals surface area contributed by atoms with Crippen molar-refractivity contribution in [3.05, 3.63) is 100.0 Å². The highest BCUT2D eigenvalue weighted by molar-refractivity contribution is 5.97. The molecule has 3 aromatic carbocycles. The second-order valence-corrected chi connectivity index (χ2v) is 7.75. The van der Waals surface area contributed by atoms with Crippen LogP contribution in [0.4, 0.5) is 32.0 Å². The van der Waals surface area contributed by atoms with Crippen LogP contribution in [-0.4, -0.2) is 4.57 Å². The molecule has 0 radical (unpaired) electrons. The molecule has 4 aromatic rings. The minimum Gasteiger partial charge on any atom is -0.379 e. The standard InChI is InChI=1S/C25H18F6N2O/c1-33-21(14-32-18-12-16(24(26,27)28)11-17(13-18)25(29,30)31)22(15-7-3-2-4-8-15)19-9-5-6-10-20(19)23(33)34/h2-13,32H,14H2,1H3. The Morgan fingerprint density at radius 1 is 0.765 bits per heavy atom. The zero-order valence-electron chi connectivity index (χ0n) is 17.8. The largest absolute Gasteiger partial charge is 0.416 e. The average molecular weight is 476 g/mol. The number of hydrogen-bond acceptors (Lipinski definition) is 2. The number of aromatic nitrogens is 1. The van der Waals surface area contributed by atoms with E-state index in [1.807, 2.05) is 18.2 Å². The SMILES string of the molecule is Cn1c(CNc2cc(C(F)(F)F)cc(C(F)(F)F)c2)c(-c2ccccc2)c2ccccc2c1=O. The van der Waals surface area contributed by atoms with Gasteiger partial charge in [-0.1, -0.05) is 48.5 Å². The first-order valence-electron chi connectivity index (χ1n) is 10.2. The highest BCUT2D eigenvalue weighted by Gasteiger charge is 2.37. The van der Waals surface area contributed by atoms with Crippen molar-refractivity contribution >= 4 is 16.5 Å². The van der Waals surface area contributed by atoms with E-state index in [-0.39, 0.29) is 23.9 Å². The van der Waals surface area contributed by atoms with Crippen LogP contribution in [0.5, 0.6) is 0 Å². The quantitative estimate of drug-likeness (QED) is 0.327. The maximum absolute atomic E-state index is 13.2. The Morgan fingerprint density at radius 2 is 1.29 bits per heavy atom. The van der Waals surface area contributed by atoms with Crippen molar-refractivity contribution in [2.24, 2.45) is 7.05 Å². The third kappa shape index (κ3) is 4.50. The Morgan fingerprint density at radius 3 is 1.85 bits per heavy atom. The Labute approximate surface area is 190 Å². The van der Waals surface area contributed by atoms with Crippen LogP contribution >= 0.6 is 0 Å². The minimum atomic E-state index is -4.96. The molecule has 0 aliphatic heterocycles. The van der Waals surface area contributed by atoms with Gasteiger partial charge in [0.15, 0.2) is 0 Å². The fourth-order valence-electron chi connectivity index (χ4n) is 3.89. The number of nitrogens with one attached hydrogen (secondary N) is 1. The molecule has 0 spiro atoms. The predicted octanol–water partition coefficient (Wildman–Crippen LogP) is 6.86. The lowest BCUT2D eigenvalue weighted by molar-refractivity contribution is -0.143. The number of anilines is 1. The number of alkyl halides is 6. The first-order valence-corrected chi connectivity index (χ1v) is 10.2. The average Bonchev–Trinajstić information content (AvgIpc) is 2.79. The summed E-state index contributed by atoms with van der Waals surface area (Å²) in [5, 5.41) is 3.75. The minimum absolute atomic E-state index is 0.0757. The fraction of sp³-hybridized carbons (Fsp3) is 0.160. The molecule has 1 heterocycles. The van der Waals surface area contributed by atoms with Crippen molar-refractivity contribution in [3.63, 3.8) is 0 Å². The molecule has 1 aromatic heterocycles. The van der Waals surface area contributed by atoms with Gasteiger partial charge in [-0.2, -0.15) is 26.3 Å². The Kier molecular flexibility index (Phi) is 5.89. The zero-order chi connectivity index (χ0) is 24.7. The van der Waals surface area contributed by atoms with E-state index in [4.69, 9.17) is 0 Å². The van der Waals surface area contributed by atoms with Gasteiger partial charge in [-0.05, 0) is 35.2 Å². The van der Waals surface area contributed by atoms with Gasteiger partial charge in [-0.3, -0.25) is 4.79 Å². The van der Waals surface area contributed by atoms with Crippen LogP contribution in [0.2, 0.25) is 0 Å². The van der Waals surface area contributed by atoms with Crippen molar-refractivity contribution < 1.29 is 26.3 Å². The number of fused-ring (bicyclic) bond motifs is 1. The Balaban J connectivity index is 1.86. The lowest BCUT2D eigenvalue weighted by Crippen LogP contribution is -2.23. The van der Waals surface area contributed by atoms with Crippen LogP contribution < -0.4 is 10.9 Å². The number of benzene rings is 3. The lowest BCUT2D eigenvalue weighted by Gasteiger charge is -2.20. The van der Waals surface area contributed by atoms with Crippen LogP contribution in [0.1, 0.15) is 16.8 Å². The third-order valence-electron chi connectivity index (χ3n) is 5.53. The molecule has 0 aliphatic carbocycles. The molecule has 0 amide bonds. The van der Waals surface area contributed by atoms with Gasteiger partial charge in [0.25, 0.3) is 5.56 Å². The molecule has 0 fully saturated rings. The zero-order valence-corrected chi connectivity index (χ0v) is 17.8. The molecule has 9 heteroatoms. The summed E-state index contributed by atoms with van der Waals surface area (Å²) in [5.41, 5.74) is -1.68. The van der Waals surface area contributed by atoms with Gasteiger partial charge in [-0.25, -0.2) is 0 Å². The molecule has 1 N–H and O–H groups in total. The molecule has 0 aliphatic rings. The van der Waals surface area contributed by atoms with Crippen molar-refractivity contribution in [2.75, 3.05) is 5.32 Å². The van der Waals surface area contributed by atoms with Gasteiger partial charge < -0.3 is 9.88 Å². The number of halogens is 6. The predicted molar refractivity (Wildman–Crippen MR) is 118 cm³/mol. The molecule has 4 rings (SSSR count). The van der Waals surface area contributed by atoms with Crippen molar-refractivity contribution in [1.29, 1.82) is 0 Å². The van der Waals surface area contributed by atoms with E-state index in [9.17, 15) is 31.1 Å². The monoisotopic (exact) mass is 476 g/mol. The summed E-state index contributed by atoms with van der Waals surface area (Å²) in [7, 11) is 1.52. The summed E-state index contributed by atoms with van der Waals surface area (Å²) in [6.07, 6.45) is -9.91. The number of rotatable bonds is 4. The van der Waals surface area contributed by atoms with E-state index in [0.29, 0.717) is 34.2 Å². The highest BCUT2D eigenvalue weighted by Crippen LogP contribution is 2.38. The summed E-state index contributed by atoms with van der Waals surface area (Å²) >= 11 is 0. The molecule has 0 bridgehead atoms. The maximum Gasteiger partial charge on any atom is 0.416 e. The third-order valence-corrected chi connectivity index (χ3v) is 5.53. The summed E-state index contributed by atoms with van der Waals surface area (Å²) in [4.78, 5) is 13.0. The van der Waals surface area contributed by atoms with E-state index in [2.05, 4.69) is 5.32 Å². The van der Waals surface area contributed by atoms with E-state index in [0.717, 1.165) is 5.56 Å². The number of hydrogen-bond donors (Lipinski definition) is 1. The molecular weight excluding hydrogens is 458 g/mol. The molecule has 0 atom stereocenters. The van der Waals surface area contributed by atoms with Crippen LogP contribution in [0.3, 0.4) is 0 Å². The summed E-state index contributed by atoms with van der Waals surface area (Å²) < 4.78 is 80.8. The summed E-state index contributed by atoms with van der Waals surface area (Å²) in [5.74, 6) is 0. The van der Waals surface area contributed by atoms with Crippen molar-refractivity contribution in [2.45, 2.75) is 18.9 Å². The number of pyridine rings is 1. The highest BCUT2D eigenvalue weighted by atomic mass is 19.4. The second kappa shape index (κ2) is 8.55. The molecule has 34 heavy (non-hydrogen) atoms. The first-order chi connectivity index (χ1) is 16.0. The van der Waals surface area contributed by atoms with Gasteiger partial charge in [-0.15, -0.1) is 0 Å². The molecule has 0 saturated heterocycles. The number of nitrogens with zero attached hydrogens (tertiary/aromatic N) is 1. The fourth-order valence-corrected chi connectivity index (χ4v) is 3.89. The van der Waals surface area contributed by atoms with Gasteiger partial charge in [0.1, 0.15) is 0 Å². The van der Waals surface area contributed by atoms with Gasteiger partial charge in [0.2, 0.25) is 0 Å². The summed E-state index contributed by atoms with van der Waals surface area (Å²) in [6.45, 7) is -0.181. The Bertz CT molecular complexity index is 1370. The van der Waals surface area contributed by atoms with Crippen molar-refractivity contribution in [1.82, 2.24) is 4.57 Å². The molecular formula is C25H18F6N2O. The van der Waals surface area contributed by atoms with E-state index in [1.54, 1.807) is 36.4 Å². The normalized spacial score (nSPS) is 12.2. The Hall–Kier alpha value is -3.75. The maximum atomic E-state index is 13.2. The van der Waals surface area contributed by atoms with Crippen LogP contribution in [-0.2, 0) is 25.9 Å². The van der Waals surface area contributed by atoms with E-state index >= 15 is 0 Å². The van der Waals surface area contributed by atoms with E-state index < -0.39 is 23.5 Å². The topological polar surface area (TPSA) is 34.0 Å². The second-order valence-electron chi connectivity index (χ2n) is 7.75. The molecule has 3 nitrogen and oxygen atoms in total. The molecule has 0 unspecified atom stereocenters. The lowest BCUT2D eigenvalue weighted by atomic mass is 9.96. The van der Waals surface area contributed by atoms with Crippen LogP contribution in [0, 0.1) is 0 Å². The van der Waals surface area contributed by atoms with Gasteiger partial charge in [0, 0.05) is 29.4 Å². The molecule has 176 valence electrons.